The van der Waals surface area contributed by atoms with Gasteiger partial charge in [-0.15, -0.1) is 0 Å². The number of ether oxygens (including phenoxy) is 2. The first-order valence-corrected chi connectivity index (χ1v) is 7.44. The molecule has 0 saturated heterocycles. The molecule has 2 atom stereocenters. The van der Waals surface area contributed by atoms with E-state index in [-0.39, 0.29) is 0 Å². The van der Waals surface area contributed by atoms with E-state index in [0.29, 0.717) is 21.9 Å². The molecule has 0 aromatic heterocycles. The molecule has 2 aromatic carbocycles. The number of fused-ring (bicyclic) bond motifs is 1. The van der Waals surface area contributed by atoms with E-state index in [1.165, 1.54) is 19.3 Å². The van der Waals surface area contributed by atoms with Crippen LogP contribution >= 0.6 is 11.6 Å². The molecule has 4 nitrogen and oxygen atoms in total. The average Bonchev–Trinajstić information content (AvgIpc) is 2.86. The number of carbonyl (C=O) groups excluding carboxylic acids is 1. The Hall–Kier alpha value is -2.30. The Morgan fingerprint density at radius 1 is 1.30 bits per heavy atom. The van der Waals surface area contributed by atoms with Crippen molar-refractivity contribution in [3.05, 3.63) is 76.8 Å². The number of hydrogen-bond acceptors (Lipinski definition) is 4. The van der Waals surface area contributed by atoms with E-state index >= 15 is 0 Å². The number of aliphatic hydroxyl groups is 1. The van der Waals surface area contributed by atoms with E-state index in [1.54, 1.807) is 18.2 Å². The van der Waals surface area contributed by atoms with Crippen molar-refractivity contribution in [2.24, 2.45) is 0 Å². The van der Waals surface area contributed by atoms with Gasteiger partial charge in [0.15, 0.2) is 11.7 Å². The Balaban J connectivity index is 2.10. The van der Waals surface area contributed by atoms with Crippen LogP contribution in [0.5, 0.6) is 5.75 Å². The molecule has 0 bridgehead atoms. The van der Waals surface area contributed by atoms with Gasteiger partial charge in [-0.3, -0.25) is 0 Å². The van der Waals surface area contributed by atoms with Crippen molar-refractivity contribution in [3.8, 4) is 5.75 Å². The molecule has 0 aliphatic carbocycles. The predicted molar refractivity (Wildman–Crippen MR) is 86.5 cm³/mol. The lowest BCUT2D eigenvalue weighted by atomic mass is 9.83. The van der Waals surface area contributed by atoms with Crippen LogP contribution in [0.1, 0.15) is 11.1 Å². The van der Waals surface area contributed by atoms with Gasteiger partial charge in [-0.1, -0.05) is 48.0 Å². The molecule has 3 rings (SSSR count). The van der Waals surface area contributed by atoms with Gasteiger partial charge in [0.25, 0.3) is 0 Å². The topological polar surface area (TPSA) is 55.8 Å². The van der Waals surface area contributed by atoms with Gasteiger partial charge in [-0.05, 0) is 23.8 Å². The van der Waals surface area contributed by atoms with Crippen LogP contribution in [0.25, 0.3) is 0 Å². The van der Waals surface area contributed by atoms with Gasteiger partial charge in [0, 0.05) is 16.7 Å². The van der Waals surface area contributed by atoms with Gasteiger partial charge in [0.2, 0.25) is 0 Å². The molecule has 5 heteroatoms. The Morgan fingerprint density at radius 3 is 2.74 bits per heavy atom. The van der Waals surface area contributed by atoms with E-state index in [4.69, 9.17) is 16.3 Å². The maximum Gasteiger partial charge on any atom is 0.330 e. The second-order valence-electron chi connectivity index (χ2n) is 5.19. The average molecular weight is 331 g/mol. The minimum Gasteiger partial charge on any atom is -0.482 e. The summed E-state index contributed by atoms with van der Waals surface area (Å²) in [5.41, 5.74) is -0.140. The molecular formula is C18H15ClO4. The SMILES string of the molecule is COC(=O)C=CC1Oc2cc(Cl)ccc2C1(O)c1ccccc1. The van der Waals surface area contributed by atoms with Crippen LogP contribution in [0, 0.1) is 0 Å². The highest BCUT2D eigenvalue weighted by atomic mass is 35.5. The Kier molecular flexibility index (Phi) is 4.11. The summed E-state index contributed by atoms with van der Waals surface area (Å²) in [5.74, 6) is -0.0265. The fourth-order valence-electron chi connectivity index (χ4n) is 2.71. The molecule has 118 valence electrons. The summed E-state index contributed by atoms with van der Waals surface area (Å²) in [7, 11) is 1.29. The highest BCUT2D eigenvalue weighted by Gasteiger charge is 2.48. The standard InChI is InChI=1S/C18H15ClO4/c1-22-17(20)10-9-16-18(21,12-5-3-2-4-6-12)14-8-7-13(19)11-15(14)23-16/h2-11,16,21H,1H3. The lowest BCUT2D eigenvalue weighted by Crippen LogP contribution is -2.37. The second kappa shape index (κ2) is 6.07. The Morgan fingerprint density at radius 2 is 2.04 bits per heavy atom. The predicted octanol–water partition coefficient (Wildman–Crippen LogP) is 3.07. The van der Waals surface area contributed by atoms with Crippen molar-refractivity contribution >= 4 is 17.6 Å². The van der Waals surface area contributed by atoms with Gasteiger partial charge in [0.05, 0.1) is 7.11 Å². The molecule has 1 N–H and O–H groups in total. The molecule has 1 heterocycles. The summed E-state index contributed by atoms with van der Waals surface area (Å²) in [6, 6.07) is 14.2. The first-order chi connectivity index (χ1) is 11.1. The lowest BCUT2D eigenvalue weighted by Gasteiger charge is -2.27. The quantitative estimate of drug-likeness (QED) is 0.694. The Bertz CT molecular complexity index is 757. The number of hydrogen-bond donors (Lipinski definition) is 1. The number of carbonyl (C=O) groups is 1. The number of esters is 1. The first kappa shape index (κ1) is 15.6. The zero-order valence-electron chi connectivity index (χ0n) is 12.4. The largest absolute Gasteiger partial charge is 0.482 e. The van der Waals surface area contributed by atoms with Crippen LogP contribution < -0.4 is 4.74 Å². The van der Waals surface area contributed by atoms with E-state index in [9.17, 15) is 9.90 Å². The number of halogens is 1. The van der Waals surface area contributed by atoms with E-state index in [2.05, 4.69) is 4.74 Å². The van der Waals surface area contributed by atoms with Gasteiger partial charge < -0.3 is 14.6 Å². The third-order valence-corrected chi connectivity index (χ3v) is 4.08. The van der Waals surface area contributed by atoms with Crippen molar-refractivity contribution in [3.63, 3.8) is 0 Å². The van der Waals surface area contributed by atoms with Gasteiger partial charge in [-0.25, -0.2) is 4.79 Å². The van der Waals surface area contributed by atoms with Crippen molar-refractivity contribution in [1.82, 2.24) is 0 Å². The highest BCUT2D eigenvalue weighted by Crippen LogP contribution is 2.46. The molecule has 2 unspecified atom stereocenters. The summed E-state index contributed by atoms with van der Waals surface area (Å²) in [5, 5.41) is 11.9. The molecule has 0 radical (unpaired) electrons. The van der Waals surface area contributed by atoms with Crippen LogP contribution in [0.3, 0.4) is 0 Å². The van der Waals surface area contributed by atoms with Crippen LogP contribution in [0.2, 0.25) is 5.02 Å². The van der Waals surface area contributed by atoms with E-state index in [1.807, 2.05) is 30.3 Å². The van der Waals surface area contributed by atoms with Crippen molar-refractivity contribution in [2.45, 2.75) is 11.7 Å². The smallest absolute Gasteiger partial charge is 0.330 e. The molecule has 0 spiro atoms. The highest BCUT2D eigenvalue weighted by molar-refractivity contribution is 6.30. The van der Waals surface area contributed by atoms with Gasteiger partial charge in [0.1, 0.15) is 5.75 Å². The monoisotopic (exact) mass is 330 g/mol. The summed E-state index contributed by atoms with van der Waals surface area (Å²) in [6.07, 6.45) is 1.97. The molecule has 1 aliphatic heterocycles. The van der Waals surface area contributed by atoms with Crippen LogP contribution in [0.4, 0.5) is 0 Å². The minimum atomic E-state index is -1.41. The molecule has 0 saturated carbocycles. The van der Waals surface area contributed by atoms with E-state index in [0.717, 1.165) is 0 Å². The molecular weight excluding hydrogens is 316 g/mol. The zero-order chi connectivity index (χ0) is 16.4. The van der Waals surface area contributed by atoms with Gasteiger partial charge >= 0.3 is 5.97 Å². The Labute approximate surface area is 138 Å². The van der Waals surface area contributed by atoms with Crippen molar-refractivity contribution in [1.29, 1.82) is 0 Å². The van der Waals surface area contributed by atoms with Gasteiger partial charge in [-0.2, -0.15) is 0 Å². The van der Waals surface area contributed by atoms with Crippen LogP contribution in [-0.4, -0.2) is 24.3 Å². The molecule has 23 heavy (non-hydrogen) atoms. The van der Waals surface area contributed by atoms with Crippen molar-refractivity contribution in [2.75, 3.05) is 7.11 Å². The lowest BCUT2D eigenvalue weighted by molar-refractivity contribution is -0.134. The third kappa shape index (κ3) is 2.71. The van der Waals surface area contributed by atoms with Crippen molar-refractivity contribution < 1.29 is 19.4 Å². The number of benzene rings is 2. The molecule has 2 aromatic rings. The third-order valence-electron chi connectivity index (χ3n) is 3.84. The fraction of sp³-hybridized carbons (Fsp3) is 0.167. The molecule has 1 aliphatic rings. The normalized spacial score (nSPS) is 22.7. The van der Waals surface area contributed by atoms with E-state index < -0.39 is 17.7 Å². The maximum atomic E-state index is 11.4. The molecule has 0 amide bonds. The maximum absolute atomic E-state index is 11.4. The van der Waals surface area contributed by atoms with Crippen LogP contribution in [0.15, 0.2) is 60.7 Å². The number of rotatable bonds is 3. The minimum absolute atomic E-state index is 0.489. The summed E-state index contributed by atoms with van der Waals surface area (Å²) in [4.78, 5) is 11.4. The summed E-state index contributed by atoms with van der Waals surface area (Å²) in [6.45, 7) is 0. The second-order valence-corrected chi connectivity index (χ2v) is 5.63. The number of methoxy groups -OCH3 is 1. The summed E-state index contributed by atoms with van der Waals surface area (Å²) < 4.78 is 10.4. The zero-order valence-corrected chi connectivity index (χ0v) is 13.2. The van der Waals surface area contributed by atoms with Crippen LogP contribution in [-0.2, 0) is 15.1 Å². The first-order valence-electron chi connectivity index (χ1n) is 7.06. The fourth-order valence-corrected chi connectivity index (χ4v) is 2.87. The molecule has 0 fully saturated rings. The summed E-state index contributed by atoms with van der Waals surface area (Å²) >= 11 is 6.01.